The Bertz CT molecular complexity index is 438. The number of rotatable bonds is 5. The van der Waals surface area contributed by atoms with Gasteiger partial charge in [0.15, 0.2) is 5.13 Å². The van der Waals surface area contributed by atoms with Crippen LogP contribution in [0.1, 0.15) is 37.8 Å². The zero-order valence-electron chi connectivity index (χ0n) is 10.1. The van der Waals surface area contributed by atoms with Gasteiger partial charge in [0.2, 0.25) is 11.8 Å². The van der Waals surface area contributed by atoms with E-state index >= 15 is 0 Å². The summed E-state index contributed by atoms with van der Waals surface area (Å²) in [7, 11) is 0. The number of carbonyl (C=O) groups excluding carboxylic acids is 2. The molecule has 3 N–H and O–H groups in total. The number of amides is 2. The molecule has 6 heteroatoms. The van der Waals surface area contributed by atoms with E-state index in [-0.39, 0.29) is 12.3 Å². The summed E-state index contributed by atoms with van der Waals surface area (Å²) in [6, 6.07) is 0. The number of aromatic nitrogens is 1. The molecule has 0 aliphatic heterocycles. The molecule has 0 aromatic carbocycles. The Morgan fingerprint density at radius 2 is 2.17 bits per heavy atom. The molecule has 0 bridgehead atoms. The predicted octanol–water partition coefficient (Wildman–Crippen LogP) is 1.69. The Hall–Kier alpha value is -1.43. The second-order valence-corrected chi connectivity index (χ2v) is 5.55. The molecule has 0 atom stereocenters. The molecule has 0 unspecified atom stereocenters. The van der Waals surface area contributed by atoms with Crippen molar-refractivity contribution in [1.29, 1.82) is 0 Å². The van der Waals surface area contributed by atoms with Crippen molar-refractivity contribution in [2.45, 2.75) is 38.5 Å². The number of anilines is 1. The lowest BCUT2D eigenvalue weighted by Gasteiger charge is -2.07. The van der Waals surface area contributed by atoms with Gasteiger partial charge in [0.1, 0.15) is 0 Å². The number of thiazole rings is 1. The third-order valence-electron chi connectivity index (χ3n) is 3.10. The first-order valence-corrected chi connectivity index (χ1v) is 7.04. The molecule has 0 saturated heterocycles. The van der Waals surface area contributed by atoms with Crippen LogP contribution in [0, 0.1) is 5.92 Å². The Kier molecular flexibility index (Phi) is 4.30. The lowest BCUT2D eigenvalue weighted by atomic mass is 10.0. The van der Waals surface area contributed by atoms with E-state index < -0.39 is 5.91 Å². The smallest absolute Gasteiger partial charge is 0.226 e. The summed E-state index contributed by atoms with van der Waals surface area (Å²) < 4.78 is 0. The SMILES string of the molecule is NC(=O)Cc1csc(NC(=O)CC2CCCC2)n1. The quantitative estimate of drug-likeness (QED) is 0.851. The maximum absolute atomic E-state index is 11.8. The van der Waals surface area contributed by atoms with Gasteiger partial charge in [-0.2, -0.15) is 0 Å². The first-order chi connectivity index (χ1) is 8.63. The van der Waals surface area contributed by atoms with Crippen molar-refractivity contribution in [1.82, 2.24) is 4.98 Å². The van der Waals surface area contributed by atoms with Gasteiger partial charge in [-0.15, -0.1) is 11.3 Å². The fourth-order valence-electron chi connectivity index (χ4n) is 2.27. The molecule has 1 saturated carbocycles. The van der Waals surface area contributed by atoms with Crippen LogP contribution in [0.25, 0.3) is 0 Å². The third kappa shape index (κ3) is 3.80. The molecule has 0 radical (unpaired) electrons. The molecular formula is C12H17N3O2S. The zero-order valence-corrected chi connectivity index (χ0v) is 11.0. The molecule has 1 aliphatic carbocycles. The zero-order chi connectivity index (χ0) is 13.0. The van der Waals surface area contributed by atoms with Crippen LogP contribution >= 0.6 is 11.3 Å². The molecule has 0 spiro atoms. The number of nitrogens with zero attached hydrogens (tertiary/aromatic N) is 1. The fraction of sp³-hybridized carbons (Fsp3) is 0.583. The maximum Gasteiger partial charge on any atom is 0.226 e. The molecule has 1 aromatic rings. The lowest BCUT2D eigenvalue weighted by molar-refractivity contribution is -0.118. The van der Waals surface area contributed by atoms with E-state index in [0.29, 0.717) is 23.2 Å². The standard InChI is InChI=1S/C12H17N3O2S/c13-10(16)6-9-7-18-12(14-9)15-11(17)5-8-3-1-2-4-8/h7-8H,1-6H2,(H2,13,16)(H,14,15,17). The number of primary amides is 1. The third-order valence-corrected chi connectivity index (χ3v) is 3.91. The van der Waals surface area contributed by atoms with Crippen LogP contribution < -0.4 is 11.1 Å². The molecule has 18 heavy (non-hydrogen) atoms. The van der Waals surface area contributed by atoms with Crippen molar-refractivity contribution in [2.75, 3.05) is 5.32 Å². The Balaban J connectivity index is 1.82. The summed E-state index contributed by atoms with van der Waals surface area (Å²) in [6.45, 7) is 0. The topological polar surface area (TPSA) is 85.1 Å². The number of hydrogen-bond donors (Lipinski definition) is 2. The second kappa shape index (κ2) is 5.95. The Labute approximate surface area is 110 Å². The van der Waals surface area contributed by atoms with Crippen molar-refractivity contribution >= 4 is 28.3 Å². The first kappa shape index (κ1) is 13.0. The van der Waals surface area contributed by atoms with Crippen molar-refractivity contribution in [3.8, 4) is 0 Å². The number of carbonyl (C=O) groups is 2. The summed E-state index contributed by atoms with van der Waals surface area (Å²) >= 11 is 1.33. The van der Waals surface area contributed by atoms with E-state index in [4.69, 9.17) is 5.73 Å². The van der Waals surface area contributed by atoms with Crippen LogP contribution in [0.4, 0.5) is 5.13 Å². The van der Waals surface area contributed by atoms with Crippen molar-refractivity contribution in [3.05, 3.63) is 11.1 Å². The van der Waals surface area contributed by atoms with Crippen LogP contribution in [-0.4, -0.2) is 16.8 Å². The van der Waals surface area contributed by atoms with Gasteiger partial charge in [-0.3, -0.25) is 9.59 Å². The van der Waals surface area contributed by atoms with Crippen molar-refractivity contribution in [2.24, 2.45) is 11.7 Å². The maximum atomic E-state index is 11.8. The van der Waals surface area contributed by atoms with E-state index in [9.17, 15) is 9.59 Å². The molecule has 1 aliphatic rings. The summed E-state index contributed by atoms with van der Waals surface area (Å²) in [5, 5.41) is 5.08. The predicted molar refractivity (Wildman–Crippen MR) is 70.2 cm³/mol. The van der Waals surface area contributed by atoms with E-state index in [1.807, 2.05) is 0 Å². The van der Waals surface area contributed by atoms with E-state index in [0.717, 1.165) is 12.8 Å². The largest absolute Gasteiger partial charge is 0.369 e. The van der Waals surface area contributed by atoms with Crippen LogP contribution in [0.2, 0.25) is 0 Å². The van der Waals surface area contributed by atoms with Crippen LogP contribution in [0.5, 0.6) is 0 Å². The van der Waals surface area contributed by atoms with Gasteiger partial charge in [-0.1, -0.05) is 12.8 Å². The minimum Gasteiger partial charge on any atom is -0.369 e. The number of hydrogen-bond acceptors (Lipinski definition) is 4. The van der Waals surface area contributed by atoms with Gasteiger partial charge >= 0.3 is 0 Å². The van der Waals surface area contributed by atoms with Crippen LogP contribution in [-0.2, 0) is 16.0 Å². The van der Waals surface area contributed by atoms with Gasteiger partial charge in [0.25, 0.3) is 0 Å². The minimum absolute atomic E-state index is 0.0156. The highest BCUT2D eigenvalue weighted by Crippen LogP contribution is 2.28. The molecule has 1 aromatic heterocycles. The van der Waals surface area contributed by atoms with Crippen molar-refractivity contribution < 1.29 is 9.59 Å². The van der Waals surface area contributed by atoms with Gasteiger partial charge < -0.3 is 11.1 Å². The Morgan fingerprint density at radius 1 is 1.44 bits per heavy atom. The summed E-state index contributed by atoms with van der Waals surface area (Å²) in [5.41, 5.74) is 5.70. The molecule has 2 rings (SSSR count). The van der Waals surface area contributed by atoms with Gasteiger partial charge in [0, 0.05) is 11.8 Å². The summed E-state index contributed by atoms with van der Waals surface area (Å²) in [4.78, 5) is 26.6. The van der Waals surface area contributed by atoms with Crippen LogP contribution in [0.3, 0.4) is 0 Å². The monoisotopic (exact) mass is 267 g/mol. The molecule has 1 heterocycles. The van der Waals surface area contributed by atoms with Gasteiger partial charge in [-0.25, -0.2) is 4.98 Å². The van der Waals surface area contributed by atoms with E-state index in [1.165, 1.54) is 24.2 Å². The average Bonchev–Trinajstić information content (AvgIpc) is 2.89. The van der Waals surface area contributed by atoms with Crippen molar-refractivity contribution in [3.63, 3.8) is 0 Å². The van der Waals surface area contributed by atoms with Gasteiger partial charge in [-0.05, 0) is 18.8 Å². The normalized spacial score (nSPS) is 15.8. The van der Waals surface area contributed by atoms with Gasteiger partial charge in [0.05, 0.1) is 12.1 Å². The number of nitrogens with two attached hydrogens (primary N) is 1. The molecular weight excluding hydrogens is 250 g/mol. The lowest BCUT2D eigenvalue weighted by Crippen LogP contribution is -2.16. The highest BCUT2D eigenvalue weighted by atomic mass is 32.1. The molecule has 98 valence electrons. The van der Waals surface area contributed by atoms with Crippen LogP contribution in [0.15, 0.2) is 5.38 Å². The highest BCUT2D eigenvalue weighted by molar-refractivity contribution is 7.13. The molecule has 5 nitrogen and oxygen atoms in total. The summed E-state index contributed by atoms with van der Waals surface area (Å²) in [6.07, 6.45) is 5.46. The summed E-state index contributed by atoms with van der Waals surface area (Å²) in [5.74, 6) is 0.126. The average molecular weight is 267 g/mol. The molecule has 1 fully saturated rings. The molecule has 2 amide bonds. The fourth-order valence-corrected chi connectivity index (χ4v) is 3.00. The highest BCUT2D eigenvalue weighted by Gasteiger charge is 2.19. The van der Waals surface area contributed by atoms with E-state index in [2.05, 4.69) is 10.3 Å². The number of nitrogens with one attached hydrogen (secondary N) is 1. The van der Waals surface area contributed by atoms with E-state index in [1.54, 1.807) is 5.38 Å². The second-order valence-electron chi connectivity index (χ2n) is 4.69. The first-order valence-electron chi connectivity index (χ1n) is 6.16. The minimum atomic E-state index is -0.413. The Morgan fingerprint density at radius 3 is 2.83 bits per heavy atom.